The number of rotatable bonds is 6. The number of hydrogen-bond donors (Lipinski definition) is 1. The molecule has 0 radical (unpaired) electrons. The molecule has 2 aromatic heterocycles. The van der Waals surface area contributed by atoms with Crippen LogP contribution >= 0.6 is 0 Å². The first kappa shape index (κ1) is 33.6. The molecule has 0 atom stereocenters. The monoisotopic (exact) mass is 930 g/mol. The van der Waals surface area contributed by atoms with E-state index in [9.17, 15) is 5.11 Å². The molecule has 6 aromatic carbocycles. The Morgan fingerprint density at radius 3 is 2.12 bits per heavy atom. The zero-order chi connectivity index (χ0) is 43.7. The van der Waals surface area contributed by atoms with E-state index in [0.717, 1.165) is 55.7 Å². The molecule has 0 unspecified atom stereocenters. The minimum absolute atomic E-state index is 0. The minimum Gasteiger partial charge on any atom is -0.507 e. The SMILES string of the molecule is [2H]c1c([2H])c([2H])c(-c2ccnc(-c3[c-]c(-c4cccc5c4nc(-c4cc(C)cc(C)c4O)n5-c4ccc(-c5ccccc5)c(C(C)(C)C)c4)cc(C(C)(C)C)c3)c2)c([2H])c1[2H].[Pt]. The molecule has 0 saturated heterocycles. The van der Waals surface area contributed by atoms with E-state index in [1.165, 1.54) is 5.56 Å². The van der Waals surface area contributed by atoms with Crippen molar-refractivity contribution in [1.29, 1.82) is 0 Å². The summed E-state index contributed by atoms with van der Waals surface area (Å²) in [4.78, 5) is 10.1. The predicted molar refractivity (Wildman–Crippen MR) is 233 cm³/mol. The second-order valence-corrected chi connectivity index (χ2v) is 16.6. The maximum absolute atomic E-state index is 11.7. The number of aromatic hydroxyl groups is 1. The van der Waals surface area contributed by atoms with Crippen LogP contribution < -0.4 is 0 Å². The minimum atomic E-state index is -0.435. The Morgan fingerprint density at radius 1 is 0.667 bits per heavy atom. The first-order chi connectivity index (χ1) is 28.8. The van der Waals surface area contributed by atoms with Crippen LogP contribution in [0, 0.1) is 19.9 Å². The maximum atomic E-state index is 11.7. The van der Waals surface area contributed by atoms with Crippen molar-refractivity contribution in [3.8, 4) is 67.5 Å². The molecule has 57 heavy (non-hydrogen) atoms. The van der Waals surface area contributed by atoms with Gasteiger partial charge >= 0.3 is 0 Å². The molecule has 0 saturated carbocycles. The average Bonchev–Trinajstić information content (AvgIpc) is 3.62. The maximum Gasteiger partial charge on any atom is 0.148 e. The van der Waals surface area contributed by atoms with Gasteiger partial charge in [0, 0.05) is 38.6 Å². The molecule has 0 aliphatic heterocycles. The molecular weight excluding hydrogens is 878 g/mol. The zero-order valence-corrected chi connectivity index (χ0v) is 35.8. The Hall–Kier alpha value is -5.57. The van der Waals surface area contributed by atoms with E-state index in [2.05, 4.69) is 113 Å². The molecular formula is C52H48N3OPt-. The van der Waals surface area contributed by atoms with Crippen LogP contribution in [0.3, 0.4) is 0 Å². The van der Waals surface area contributed by atoms with Gasteiger partial charge in [-0.15, -0.1) is 29.3 Å². The van der Waals surface area contributed by atoms with Gasteiger partial charge in [0.05, 0.1) is 23.5 Å². The zero-order valence-electron chi connectivity index (χ0n) is 38.5. The third-order valence-corrected chi connectivity index (χ3v) is 10.4. The fourth-order valence-electron chi connectivity index (χ4n) is 7.46. The van der Waals surface area contributed by atoms with Gasteiger partial charge in [-0.2, -0.15) is 0 Å². The van der Waals surface area contributed by atoms with Gasteiger partial charge in [0.2, 0.25) is 0 Å². The Balaban J connectivity index is 0.00000578. The summed E-state index contributed by atoms with van der Waals surface area (Å²) in [6, 6.07) is 36.6. The van der Waals surface area contributed by atoms with Crippen molar-refractivity contribution >= 4 is 11.0 Å². The van der Waals surface area contributed by atoms with E-state index in [0.29, 0.717) is 28.2 Å². The fraction of sp³-hybridized carbons (Fsp3) is 0.192. The van der Waals surface area contributed by atoms with Gasteiger partial charge in [-0.25, -0.2) is 4.98 Å². The normalized spacial score (nSPS) is 13.0. The van der Waals surface area contributed by atoms with E-state index >= 15 is 0 Å². The second-order valence-electron chi connectivity index (χ2n) is 16.6. The van der Waals surface area contributed by atoms with Crippen molar-refractivity contribution in [2.75, 3.05) is 0 Å². The van der Waals surface area contributed by atoms with Gasteiger partial charge in [0.15, 0.2) is 0 Å². The molecule has 8 aromatic rings. The van der Waals surface area contributed by atoms with Crippen LogP contribution in [0.4, 0.5) is 0 Å². The van der Waals surface area contributed by atoms with E-state index in [4.69, 9.17) is 16.8 Å². The number of fused-ring (bicyclic) bond motifs is 1. The van der Waals surface area contributed by atoms with E-state index in [1.807, 2.05) is 44.2 Å². The van der Waals surface area contributed by atoms with Crippen molar-refractivity contribution in [3.63, 3.8) is 0 Å². The fourth-order valence-corrected chi connectivity index (χ4v) is 7.46. The molecule has 1 N–H and O–H groups in total. The van der Waals surface area contributed by atoms with Crippen molar-refractivity contribution in [2.24, 2.45) is 0 Å². The molecule has 0 bridgehead atoms. The van der Waals surface area contributed by atoms with Gasteiger partial charge in [0.1, 0.15) is 11.6 Å². The van der Waals surface area contributed by atoms with Crippen molar-refractivity contribution in [3.05, 3.63) is 168 Å². The van der Waals surface area contributed by atoms with Gasteiger partial charge in [-0.05, 0) is 94.0 Å². The number of phenolic OH excluding ortho intramolecular Hbond substituents is 1. The molecule has 8 rings (SSSR count). The molecule has 5 heteroatoms. The van der Waals surface area contributed by atoms with Gasteiger partial charge < -0.3 is 5.11 Å². The molecule has 0 aliphatic rings. The Bertz CT molecular complexity index is 3010. The number of pyridine rings is 1. The first-order valence-corrected chi connectivity index (χ1v) is 19.0. The molecule has 288 valence electrons. The van der Waals surface area contributed by atoms with Crippen LogP contribution in [-0.2, 0) is 31.9 Å². The number of nitrogens with zero attached hydrogens (tertiary/aromatic N) is 3. The number of para-hydroxylation sites is 1. The molecule has 0 spiro atoms. The smallest absolute Gasteiger partial charge is 0.148 e. The molecule has 0 amide bonds. The van der Waals surface area contributed by atoms with Gasteiger partial charge in [0.25, 0.3) is 0 Å². The Morgan fingerprint density at radius 2 is 1.40 bits per heavy atom. The number of imidazole rings is 1. The third-order valence-electron chi connectivity index (χ3n) is 10.4. The summed E-state index contributed by atoms with van der Waals surface area (Å²) in [5.41, 5.74) is 12.4. The quantitative estimate of drug-likeness (QED) is 0.169. The summed E-state index contributed by atoms with van der Waals surface area (Å²) in [6.07, 6.45) is 1.60. The van der Waals surface area contributed by atoms with Crippen LogP contribution in [0.2, 0.25) is 0 Å². The van der Waals surface area contributed by atoms with Crippen molar-refractivity contribution in [2.45, 2.75) is 66.2 Å². The van der Waals surface area contributed by atoms with E-state index in [-0.39, 0.29) is 67.4 Å². The molecule has 0 aliphatic carbocycles. The Kier molecular flexibility index (Phi) is 9.07. The second kappa shape index (κ2) is 15.4. The molecule has 2 heterocycles. The summed E-state index contributed by atoms with van der Waals surface area (Å²) in [5, 5.41) is 11.7. The average molecular weight is 931 g/mol. The summed E-state index contributed by atoms with van der Waals surface area (Å²) < 4.78 is 44.1. The van der Waals surface area contributed by atoms with Crippen LogP contribution in [-0.4, -0.2) is 19.6 Å². The largest absolute Gasteiger partial charge is 0.507 e. The number of benzene rings is 6. The Labute approximate surface area is 358 Å². The summed E-state index contributed by atoms with van der Waals surface area (Å²) in [7, 11) is 0. The van der Waals surface area contributed by atoms with Crippen LogP contribution in [0.1, 0.15) is 70.7 Å². The van der Waals surface area contributed by atoms with E-state index in [1.54, 1.807) is 18.3 Å². The number of aryl methyl sites for hydroxylation is 2. The number of phenols is 1. The van der Waals surface area contributed by atoms with Gasteiger partial charge in [-0.1, -0.05) is 144 Å². The predicted octanol–water partition coefficient (Wildman–Crippen LogP) is 13.5. The number of hydrogen-bond acceptors (Lipinski definition) is 3. The van der Waals surface area contributed by atoms with Crippen LogP contribution in [0.15, 0.2) is 140 Å². The summed E-state index contributed by atoms with van der Waals surface area (Å²) in [5.74, 6) is 0.786. The van der Waals surface area contributed by atoms with Gasteiger partial charge in [-0.3, -0.25) is 9.55 Å². The first-order valence-electron chi connectivity index (χ1n) is 21.5. The van der Waals surface area contributed by atoms with Crippen LogP contribution in [0.5, 0.6) is 5.75 Å². The topological polar surface area (TPSA) is 50.9 Å². The van der Waals surface area contributed by atoms with Crippen molar-refractivity contribution < 1.29 is 33.0 Å². The van der Waals surface area contributed by atoms with Crippen LogP contribution in [0.25, 0.3) is 72.7 Å². The summed E-state index contributed by atoms with van der Waals surface area (Å²) >= 11 is 0. The molecule has 0 fully saturated rings. The third kappa shape index (κ3) is 7.76. The standard InChI is InChI=1S/C52H48N3O.Pt/c1-33-26-34(2)49(56)44(27-33)50-54-48-43(20-15-21-47(48)55(50)41-22-23-42(36-18-13-10-14-19-36)45(32-41)52(6,7)8)38-28-39(30-40(29-38)51(3,4)5)46-31-37(24-25-53-46)35-16-11-9-12-17-35;/h9-27,29-32,56H,1-8H3;/q-1;/i9D,11D,12D,16D,17D;. The molecule has 4 nitrogen and oxygen atoms in total. The number of aromatic nitrogens is 3. The van der Waals surface area contributed by atoms with E-state index < -0.39 is 6.04 Å². The van der Waals surface area contributed by atoms with Crippen molar-refractivity contribution in [1.82, 2.24) is 14.5 Å². The summed E-state index contributed by atoms with van der Waals surface area (Å²) in [6.45, 7) is 17.1.